The van der Waals surface area contributed by atoms with Gasteiger partial charge in [-0.1, -0.05) is 0 Å². The van der Waals surface area contributed by atoms with Gasteiger partial charge < -0.3 is 5.73 Å². The maximum atomic E-state index is 12.5. The van der Waals surface area contributed by atoms with E-state index in [-0.39, 0.29) is 5.69 Å². The lowest BCUT2D eigenvalue weighted by Gasteiger charge is -2.10. The van der Waals surface area contributed by atoms with Gasteiger partial charge in [-0.3, -0.25) is 0 Å². The lowest BCUT2D eigenvalue weighted by molar-refractivity contribution is -0.139. The molecular weight excluding hydrogens is 238 g/mol. The molecule has 8 heteroatoms. The summed E-state index contributed by atoms with van der Waals surface area (Å²) >= 11 is 0. The number of nitrogens with two attached hydrogens (primary N) is 1. The minimum absolute atomic E-state index is 0.297. The summed E-state index contributed by atoms with van der Waals surface area (Å²) < 4.78 is 70.1. The van der Waals surface area contributed by atoms with Crippen molar-refractivity contribution in [1.82, 2.24) is 0 Å². The van der Waals surface area contributed by atoms with Crippen molar-refractivity contribution in [3.63, 3.8) is 0 Å². The first-order chi connectivity index (χ1) is 6.62. The second kappa shape index (κ2) is 3.37. The molecule has 1 rings (SSSR count). The zero-order valence-corrected chi connectivity index (χ0v) is 7.86. The summed E-state index contributed by atoms with van der Waals surface area (Å²) in [4.78, 5) is -1.43. The zero-order valence-electron chi connectivity index (χ0n) is 7.05. The average Bonchev–Trinajstić information content (AvgIpc) is 2.00. The standard InChI is InChI=1S/C7H5F4NO2S/c8-7(9,10)5-3-4(12)1-2-6(5)15(11,13)14/h1-3H,12H2. The molecule has 2 N–H and O–H groups in total. The van der Waals surface area contributed by atoms with Crippen molar-refractivity contribution in [2.24, 2.45) is 0 Å². The van der Waals surface area contributed by atoms with Crippen LogP contribution in [0.15, 0.2) is 23.1 Å². The Morgan fingerprint density at radius 3 is 2.13 bits per heavy atom. The second-order valence-electron chi connectivity index (χ2n) is 2.69. The van der Waals surface area contributed by atoms with E-state index in [9.17, 15) is 25.5 Å². The Balaban J connectivity index is 3.55. The quantitative estimate of drug-likeness (QED) is 0.466. The van der Waals surface area contributed by atoms with Crippen molar-refractivity contribution < 1.29 is 25.5 Å². The molecule has 0 fully saturated rings. The van der Waals surface area contributed by atoms with Gasteiger partial charge in [-0.05, 0) is 18.2 Å². The third-order valence-electron chi connectivity index (χ3n) is 1.57. The van der Waals surface area contributed by atoms with E-state index in [2.05, 4.69) is 0 Å². The molecule has 0 aliphatic carbocycles. The third-order valence-corrected chi connectivity index (χ3v) is 2.45. The Bertz CT molecular complexity index is 480. The predicted molar refractivity (Wildman–Crippen MR) is 44.2 cm³/mol. The molecule has 3 nitrogen and oxygen atoms in total. The van der Waals surface area contributed by atoms with Gasteiger partial charge in [0.1, 0.15) is 4.90 Å². The molecule has 0 saturated heterocycles. The second-order valence-corrected chi connectivity index (χ2v) is 4.01. The Kier molecular flexibility index (Phi) is 2.64. The number of halogens is 4. The van der Waals surface area contributed by atoms with Crippen LogP contribution in [0.1, 0.15) is 5.56 Å². The minimum Gasteiger partial charge on any atom is -0.399 e. The Labute approximate surface area is 82.7 Å². The lowest BCUT2D eigenvalue weighted by Crippen LogP contribution is -2.11. The zero-order chi connectivity index (χ0) is 11.9. The molecule has 0 aromatic heterocycles. The first-order valence-corrected chi connectivity index (χ1v) is 4.92. The summed E-state index contributed by atoms with van der Waals surface area (Å²) in [5, 5.41) is 0. The van der Waals surface area contributed by atoms with E-state index in [0.717, 1.165) is 6.07 Å². The number of benzene rings is 1. The van der Waals surface area contributed by atoms with Gasteiger partial charge >= 0.3 is 16.4 Å². The van der Waals surface area contributed by atoms with Crippen LogP contribution in [0.25, 0.3) is 0 Å². The monoisotopic (exact) mass is 243 g/mol. The number of rotatable bonds is 1. The van der Waals surface area contributed by atoms with Crippen LogP contribution in [0.2, 0.25) is 0 Å². The highest BCUT2D eigenvalue weighted by molar-refractivity contribution is 7.86. The van der Waals surface area contributed by atoms with Crippen LogP contribution in [0.5, 0.6) is 0 Å². The molecule has 0 aliphatic rings. The van der Waals surface area contributed by atoms with Gasteiger partial charge in [0, 0.05) is 5.69 Å². The van der Waals surface area contributed by atoms with Crippen molar-refractivity contribution in [2.45, 2.75) is 11.1 Å². The van der Waals surface area contributed by atoms with Crippen LogP contribution in [-0.4, -0.2) is 8.42 Å². The van der Waals surface area contributed by atoms with E-state index >= 15 is 0 Å². The molecule has 0 saturated carbocycles. The van der Waals surface area contributed by atoms with Crippen molar-refractivity contribution in [1.29, 1.82) is 0 Å². The molecule has 0 unspecified atom stereocenters. The van der Waals surface area contributed by atoms with Crippen molar-refractivity contribution in [3.05, 3.63) is 23.8 Å². The fraction of sp³-hybridized carbons (Fsp3) is 0.143. The van der Waals surface area contributed by atoms with Crippen LogP contribution >= 0.6 is 0 Å². The third kappa shape index (κ3) is 2.58. The number of alkyl halides is 3. The highest BCUT2D eigenvalue weighted by Crippen LogP contribution is 2.35. The molecule has 1 aromatic carbocycles. The van der Waals surface area contributed by atoms with Gasteiger partial charge in [0.05, 0.1) is 5.56 Å². The van der Waals surface area contributed by atoms with Gasteiger partial charge in [-0.2, -0.15) is 21.6 Å². The topological polar surface area (TPSA) is 60.2 Å². The average molecular weight is 243 g/mol. The maximum Gasteiger partial charge on any atom is 0.417 e. The van der Waals surface area contributed by atoms with Gasteiger partial charge in [-0.15, -0.1) is 3.89 Å². The van der Waals surface area contributed by atoms with Crippen molar-refractivity contribution in [2.75, 3.05) is 5.73 Å². The highest BCUT2D eigenvalue weighted by atomic mass is 32.3. The van der Waals surface area contributed by atoms with Gasteiger partial charge in [-0.25, -0.2) is 0 Å². The SMILES string of the molecule is Nc1ccc(S(=O)(=O)F)c(C(F)(F)F)c1. The summed E-state index contributed by atoms with van der Waals surface area (Å²) in [5.74, 6) is 0. The summed E-state index contributed by atoms with van der Waals surface area (Å²) in [7, 11) is -5.41. The minimum atomic E-state index is -5.41. The van der Waals surface area contributed by atoms with E-state index in [0.29, 0.717) is 12.1 Å². The largest absolute Gasteiger partial charge is 0.417 e. The van der Waals surface area contributed by atoms with Gasteiger partial charge in [0.25, 0.3) is 0 Å². The normalized spacial score (nSPS) is 12.8. The lowest BCUT2D eigenvalue weighted by atomic mass is 10.2. The predicted octanol–water partition coefficient (Wildman–Crippen LogP) is 1.95. The molecule has 0 aliphatic heterocycles. The number of hydrogen-bond acceptors (Lipinski definition) is 3. The van der Waals surface area contributed by atoms with E-state index in [1.165, 1.54) is 0 Å². The Morgan fingerprint density at radius 2 is 1.73 bits per heavy atom. The van der Waals surface area contributed by atoms with E-state index in [4.69, 9.17) is 5.73 Å². The van der Waals surface area contributed by atoms with Crippen LogP contribution < -0.4 is 5.73 Å². The number of anilines is 1. The highest BCUT2D eigenvalue weighted by Gasteiger charge is 2.37. The van der Waals surface area contributed by atoms with Crippen LogP contribution in [0, 0.1) is 0 Å². The summed E-state index contributed by atoms with van der Waals surface area (Å²) in [6.45, 7) is 0. The molecule has 0 bridgehead atoms. The molecule has 0 amide bonds. The fourth-order valence-electron chi connectivity index (χ4n) is 0.982. The maximum absolute atomic E-state index is 12.5. The molecule has 0 radical (unpaired) electrons. The smallest absolute Gasteiger partial charge is 0.399 e. The Morgan fingerprint density at radius 1 is 1.20 bits per heavy atom. The van der Waals surface area contributed by atoms with Crippen LogP contribution in [0.3, 0.4) is 0 Å². The van der Waals surface area contributed by atoms with Gasteiger partial charge in [0.2, 0.25) is 0 Å². The molecule has 0 atom stereocenters. The molecule has 0 heterocycles. The van der Waals surface area contributed by atoms with E-state index < -0.39 is 26.9 Å². The van der Waals surface area contributed by atoms with E-state index in [1.54, 1.807) is 0 Å². The van der Waals surface area contributed by atoms with Crippen LogP contribution in [0.4, 0.5) is 22.7 Å². The van der Waals surface area contributed by atoms with Crippen LogP contribution in [-0.2, 0) is 16.4 Å². The van der Waals surface area contributed by atoms with E-state index in [1.807, 2.05) is 0 Å². The fourth-order valence-corrected chi connectivity index (χ4v) is 1.65. The molecular formula is C7H5F4NO2S. The number of hydrogen-bond donors (Lipinski definition) is 1. The first kappa shape index (κ1) is 11.8. The summed E-state index contributed by atoms with van der Waals surface area (Å²) in [5.41, 5.74) is 3.15. The summed E-state index contributed by atoms with van der Waals surface area (Å²) in [6, 6.07) is 1.72. The number of nitrogen functional groups attached to an aromatic ring is 1. The molecule has 1 aromatic rings. The van der Waals surface area contributed by atoms with Crippen molar-refractivity contribution >= 4 is 15.9 Å². The molecule has 15 heavy (non-hydrogen) atoms. The summed E-state index contributed by atoms with van der Waals surface area (Å²) in [6.07, 6.45) is -4.97. The molecule has 84 valence electrons. The van der Waals surface area contributed by atoms with Gasteiger partial charge in [0.15, 0.2) is 0 Å². The molecule has 0 spiro atoms. The van der Waals surface area contributed by atoms with Crippen molar-refractivity contribution in [3.8, 4) is 0 Å². The Hall–Kier alpha value is -1.31. The first-order valence-electron chi connectivity index (χ1n) is 3.54.